The van der Waals surface area contributed by atoms with Gasteiger partial charge in [-0.15, -0.1) is 0 Å². The molecule has 0 aromatic heterocycles. The molecule has 1 aromatic carbocycles. The fourth-order valence-electron chi connectivity index (χ4n) is 2.25. The minimum Gasteiger partial charge on any atom is -0.375 e. The Bertz CT molecular complexity index is 468. The van der Waals surface area contributed by atoms with Gasteiger partial charge in [0.05, 0.1) is 5.41 Å². The molecule has 0 bridgehead atoms. The van der Waals surface area contributed by atoms with Crippen molar-refractivity contribution in [3.05, 3.63) is 23.8 Å². The summed E-state index contributed by atoms with van der Waals surface area (Å²) in [5, 5.41) is 2.92. The van der Waals surface area contributed by atoms with Crippen molar-refractivity contribution in [3.8, 4) is 0 Å². The molecule has 1 aliphatic heterocycles. The second-order valence-corrected chi connectivity index (χ2v) is 5.37. The van der Waals surface area contributed by atoms with Crippen molar-refractivity contribution in [1.82, 2.24) is 0 Å². The van der Waals surface area contributed by atoms with Gasteiger partial charge < -0.3 is 16.0 Å². The van der Waals surface area contributed by atoms with E-state index in [1.54, 1.807) is 0 Å². The third-order valence-corrected chi connectivity index (χ3v) is 3.63. The Morgan fingerprint density at radius 3 is 2.78 bits per heavy atom. The molecule has 1 heterocycles. The summed E-state index contributed by atoms with van der Waals surface area (Å²) in [6.07, 6.45) is 0.966. The first-order valence-corrected chi connectivity index (χ1v) is 6.34. The summed E-state index contributed by atoms with van der Waals surface area (Å²) in [7, 11) is 2.05. The molecule has 18 heavy (non-hydrogen) atoms. The highest BCUT2D eigenvalue weighted by Gasteiger charge is 2.38. The highest BCUT2D eigenvalue weighted by Crippen LogP contribution is 2.39. The highest BCUT2D eigenvalue weighted by molar-refractivity contribution is 6.06. The minimum absolute atomic E-state index is 0.0688. The van der Waals surface area contributed by atoms with E-state index in [0.717, 1.165) is 29.9 Å². The van der Waals surface area contributed by atoms with E-state index < -0.39 is 5.41 Å². The normalized spacial score (nSPS) is 16.3. The van der Waals surface area contributed by atoms with E-state index in [-0.39, 0.29) is 5.91 Å². The van der Waals surface area contributed by atoms with Gasteiger partial charge in [0.2, 0.25) is 5.91 Å². The maximum Gasteiger partial charge on any atom is 0.234 e. The third kappa shape index (κ3) is 2.08. The van der Waals surface area contributed by atoms with Gasteiger partial charge in [-0.25, -0.2) is 0 Å². The Hall–Kier alpha value is -1.55. The summed E-state index contributed by atoms with van der Waals surface area (Å²) in [5.41, 5.74) is 8.22. The molecule has 4 nitrogen and oxygen atoms in total. The zero-order valence-electron chi connectivity index (χ0n) is 11.3. The predicted molar refractivity (Wildman–Crippen MR) is 75.0 cm³/mol. The zero-order chi connectivity index (χ0) is 13.3. The molecular weight excluding hydrogens is 226 g/mol. The minimum atomic E-state index is -0.444. The van der Waals surface area contributed by atoms with Crippen LogP contribution in [0, 0.1) is 0 Å². The number of hydrogen-bond acceptors (Lipinski definition) is 3. The van der Waals surface area contributed by atoms with Gasteiger partial charge in [0, 0.05) is 25.0 Å². The Morgan fingerprint density at radius 2 is 2.11 bits per heavy atom. The molecule has 0 saturated carbocycles. The lowest BCUT2D eigenvalue weighted by Crippen LogP contribution is -2.27. The SMILES string of the molecule is CN(CCCN)c1ccc2c(c1)C(C)(C)C(=O)N2. The van der Waals surface area contributed by atoms with Crippen molar-refractivity contribution in [2.45, 2.75) is 25.7 Å². The van der Waals surface area contributed by atoms with Crippen LogP contribution in [0.5, 0.6) is 0 Å². The van der Waals surface area contributed by atoms with Crippen molar-refractivity contribution in [2.24, 2.45) is 5.73 Å². The summed E-state index contributed by atoms with van der Waals surface area (Å²) in [6, 6.07) is 6.12. The number of benzene rings is 1. The van der Waals surface area contributed by atoms with Gasteiger partial charge in [-0.1, -0.05) is 0 Å². The number of carbonyl (C=O) groups excluding carboxylic acids is 1. The van der Waals surface area contributed by atoms with Crippen LogP contribution in [-0.2, 0) is 10.2 Å². The molecule has 98 valence electrons. The van der Waals surface area contributed by atoms with Crippen LogP contribution in [0.25, 0.3) is 0 Å². The van der Waals surface area contributed by atoms with Crippen molar-refractivity contribution in [2.75, 3.05) is 30.4 Å². The van der Waals surface area contributed by atoms with E-state index in [2.05, 4.69) is 23.3 Å². The Kier molecular flexibility index (Phi) is 3.30. The van der Waals surface area contributed by atoms with Crippen molar-refractivity contribution in [3.63, 3.8) is 0 Å². The average Bonchev–Trinajstić information content (AvgIpc) is 2.57. The molecule has 3 N–H and O–H groups in total. The number of hydrogen-bond donors (Lipinski definition) is 2. The maximum absolute atomic E-state index is 11.9. The van der Waals surface area contributed by atoms with Crippen molar-refractivity contribution >= 4 is 17.3 Å². The van der Waals surface area contributed by atoms with Crippen LogP contribution in [0.3, 0.4) is 0 Å². The molecule has 0 spiro atoms. The molecule has 1 aliphatic rings. The van der Waals surface area contributed by atoms with Gasteiger partial charge in [0.1, 0.15) is 0 Å². The van der Waals surface area contributed by atoms with Crippen LogP contribution in [0.1, 0.15) is 25.8 Å². The number of amides is 1. The quantitative estimate of drug-likeness (QED) is 0.851. The molecule has 1 amide bonds. The van der Waals surface area contributed by atoms with Gasteiger partial charge >= 0.3 is 0 Å². The molecular formula is C14H21N3O. The lowest BCUT2D eigenvalue weighted by molar-refractivity contribution is -0.119. The lowest BCUT2D eigenvalue weighted by atomic mass is 9.86. The van der Waals surface area contributed by atoms with Gasteiger partial charge in [-0.05, 0) is 50.6 Å². The summed E-state index contributed by atoms with van der Waals surface area (Å²) in [6.45, 7) is 5.54. The van der Waals surface area contributed by atoms with Crippen molar-refractivity contribution in [1.29, 1.82) is 0 Å². The molecule has 0 unspecified atom stereocenters. The van der Waals surface area contributed by atoms with E-state index >= 15 is 0 Å². The number of rotatable bonds is 4. The predicted octanol–water partition coefficient (Wildman–Crippen LogP) is 1.70. The van der Waals surface area contributed by atoms with Crippen LogP contribution in [0.4, 0.5) is 11.4 Å². The fraction of sp³-hybridized carbons (Fsp3) is 0.500. The van der Waals surface area contributed by atoms with E-state index in [4.69, 9.17) is 5.73 Å². The maximum atomic E-state index is 11.9. The lowest BCUT2D eigenvalue weighted by Gasteiger charge is -2.22. The highest BCUT2D eigenvalue weighted by atomic mass is 16.2. The Labute approximate surface area is 108 Å². The first-order chi connectivity index (χ1) is 8.46. The van der Waals surface area contributed by atoms with Gasteiger partial charge in [-0.3, -0.25) is 4.79 Å². The number of nitrogens with zero attached hydrogens (tertiary/aromatic N) is 1. The van der Waals surface area contributed by atoms with E-state index in [0.29, 0.717) is 6.54 Å². The van der Waals surface area contributed by atoms with E-state index in [1.807, 2.05) is 26.0 Å². The summed E-state index contributed by atoms with van der Waals surface area (Å²) in [4.78, 5) is 14.0. The number of nitrogens with one attached hydrogen (secondary N) is 1. The second kappa shape index (κ2) is 4.61. The Morgan fingerprint density at radius 1 is 1.39 bits per heavy atom. The van der Waals surface area contributed by atoms with Crippen LogP contribution >= 0.6 is 0 Å². The molecule has 0 radical (unpaired) electrons. The first-order valence-electron chi connectivity index (χ1n) is 6.34. The number of fused-ring (bicyclic) bond motifs is 1. The average molecular weight is 247 g/mol. The molecule has 0 saturated heterocycles. The van der Waals surface area contributed by atoms with Gasteiger partial charge in [-0.2, -0.15) is 0 Å². The largest absolute Gasteiger partial charge is 0.375 e. The number of carbonyl (C=O) groups is 1. The van der Waals surface area contributed by atoms with E-state index in [1.165, 1.54) is 0 Å². The molecule has 0 aliphatic carbocycles. The summed E-state index contributed by atoms with van der Waals surface area (Å²) in [5.74, 6) is 0.0688. The second-order valence-electron chi connectivity index (χ2n) is 5.37. The topological polar surface area (TPSA) is 58.4 Å². The zero-order valence-corrected chi connectivity index (χ0v) is 11.3. The molecule has 4 heteroatoms. The van der Waals surface area contributed by atoms with Crippen LogP contribution in [0.15, 0.2) is 18.2 Å². The standard InChI is InChI=1S/C14H21N3O/c1-14(2)11-9-10(17(3)8-4-7-15)5-6-12(11)16-13(14)18/h5-6,9H,4,7-8,15H2,1-3H3,(H,16,18). The van der Waals surface area contributed by atoms with Crippen LogP contribution in [-0.4, -0.2) is 26.0 Å². The monoisotopic (exact) mass is 247 g/mol. The van der Waals surface area contributed by atoms with Gasteiger partial charge in [0.15, 0.2) is 0 Å². The first kappa shape index (κ1) is 12.9. The summed E-state index contributed by atoms with van der Waals surface area (Å²) < 4.78 is 0. The molecule has 2 rings (SSSR count). The van der Waals surface area contributed by atoms with E-state index in [9.17, 15) is 4.79 Å². The fourth-order valence-corrected chi connectivity index (χ4v) is 2.25. The van der Waals surface area contributed by atoms with Crippen molar-refractivity contribution < 1.29 is 4.79 Å². The molecule has 1 aromatic rings. The number of nitrogens with two attached hydrogens (primary N) is 1. The van der Waals surface area contributed by atoms with Crippen LogP contribution < -0.4 is 16.0 Å². The third-order valence-electron chi connectivity index (χ3n) is 3.63. The smallest absolute Gasteiger partial charge is 0.234 e. The number of anilines is 2. The summed E-state index contributed by atoms with van der Waals surface area (Å²) >= 11 is 0. The van der Waals surface area contributed by atoms with Crippen LogP contribution in [0.2, 0.25) is 0 Å². The molecule has 0 atom stereocenters. The molecule has 0 fully saturated rings. The Balaban J connectivity index is 2.28. The van der Waals surface area contributed by atoms with Gasteiger partial charge in [0.25, 0.3) is 0 Å².